The third kappa shape index (κ3) is 6.89. The first-order valence-electron chi connectivity index (χ1n) is 9.71. The molecule has 156 valence electrons. The summed E-state index contributed by atoms with van der Waals surface area (Å²) in [5.41, 5.74) is 0. The van der Waals surface area contributed by atoms with Crippen molar-refractivity contribution in [1.82, 2.24) is 0 Å². The SMILES string of the molecule is CCCCC(F)[C@H](O)/C=C/[C@@H]1[C@H]2C(F)C(/C=C/CCC(=O)O)O[C@H]2C[C@H]1O.[NaH]. The molecule has 1 saturated heterocycles. The van der Waals surface area contributed by atoms with E-state index in [9.17, 15) is 23.8 Å². The van der Waals surface area contributed by atoms with E-state index in [1.54, 1.807) is 6.08 Å². The molecule has 0 bridgehead atoms. The molecule has 1 aliphatic heterocycles. The van der Waals surface area contributed by atoms with Crippen LogP contribution >= 0.6 is 0 Å². The van der Waals surface area contributed by atoms with Crippen LogP contribution in [0.3, 0.4) is 0 Å². The van der Waals surface area contributed by atoms with E-state index in [4.69, 9.17) is 9.84 Å². The fraction of sp³-hybridized carbons (Fsp3) is 0.750. The van der Waals surface area contributed by atoms with Gasteiger partial charge in [0.1, 0.15) is 24.6 Å². The van der Waals surface area contributed by atoms with Gasteiger partial charge < -0.3 is 20.1 Å². The number of aliphatic hydroxyl groups is 2. The number of alkyl halides is 2. The van der Waals surface area contributed by atoms with Crippen molar-refractivity contribution in [2.45, 2.75) is 82.2 Å². The van der Waals surface area contributed by atoms with E-state index < -0.39 is 54.6 Å². The molecule has 0 aromatic carbocycles. The zero-order valence-electron chi connectivity index (χ0n) is 15.6. The Kier molecular flexibility index (Phi) is 11.4. The van der Waals surface area contributed by atoms with Gasteiger partial charge in [0.15, 0.2) is 0 Å². The minimum absolute atomic E-state index is 0. The summed E-state index contributed by atoms with van der Waals surface area (Å²) in [5.74, 6) is -2.03. The number of fused-ring (bicyclic) bond motifs is 1. The van der Waals surface area contributed by atoms with Crippen molar-refractivity contribution in [2.75, 3.05) is 0 Å². The van der Waals surface area contributed by atoms with Crippen molar-refractivity contribution < 1.29 is 33.6 Å². The normalized spacial score (nSPS) is 34.5. The van der Waals surface area contributed by atoms with E-state index in [0.717, 1.165) is 6.42 Å². The van der Waals surface area contributed by atoms with Crippen LogP contribution in [0.2, 0.25) is 0 Å². The Labute approximate surface area is 187 Å². The average Bonchev–Trinajstić information content (AvgIpc) is 3.09. The molecule has 8 heteroatoms. The third-order valence-electron chi connectivity index (χ3n) is 5.39. The number of unbranched alkanes of at least 4 members (excludes halogenated alkanes) is 1. The average molecular weight is 412 g/mol. The molecule has 3 unspecified atom stereocenters. The van der Waals surface area contributed by atoms with Gasteiger partial charge in [-0.2, -0.15) is 0 Å². The van der Waals surface area contributed by atoms with Gasteiger partial charge >= 0.3 is 35.5 Å². The molecule has 1 heterocycles. The Bertz CT molecular complexity index is 545. The molecule has 0 amide bonds. The van der Waals surface area contributed by atoms with Crippen LogP contribution in [-0.4, -0.2) is 87.6 Å². The van der Waals surface area contributed by atoms with E-state index >= 15 is 0 Å². The topological polar surface area (TPSA) is 87.0 Å². The first kappa shape index (κ1) is 25.7. The second-order valence-electron chi connectivity index (χ2n) is 7.44. The summed E-state index contributed by atoms with van der Waals surface area (Å²) in [5, 5.41) is 28.7. The van der Waals surface area contributed by atoms with Crippen molar-refractivity contribution in [3.8, 4) is 0 Å². The fourth-order valence-electron chi connectivity index (χ4n) is 3.89. The third-order valence-corrected chi connectivity index (χ3v) is 5.39. The van der Waals surface area contributed by atoms with E-state index in [1.165, 1.54) is 18.2 Å². The zero-order chi connectivity index (χ0) is 20.0. The maximum absolute atomic E-state index is 14.8. The molecule has 28 heavy (non-hydrogen) atoms. The second kappa shape index (κ2) is 12.4. The molecule has 1 aliphatic carbocycles. The van der Waals surface area contributed by atoms with Crippen LogP contribution in [0.4, 0.5) is 8.78 Å². The number of carbonyl (C=O) groups is 1. The number of carboxylic acids is 1. The summed E-state index contributed by atoms with van der Waals surface area (Å²) in [6, 6.07) is 0. The van der Waals surface area contributed by atoms with Gasteiger partial charge in [-0.15, -0.1) is 0 Å². The van der Waals surface area contributed by atoms with Crippen molar-refractivity contribution in [3.63, 3.8) is 0 Å². The molecule has 2 rings (SSSR count). The van der Waals surface area contributed by atoms with E-state index in [0.29, 0.717) is 12.8 Å². The number of ether oxygens (including phenoxy) is 1. The van der Waals surface area contributed by atoms with Crippen LogP contribution in [0, 0.1) is 11.8 Å². The molecule has 0 spiro atoms. The quantitative estimate of drug-likeness (QED) is 0.379. The number of allylic oxidation sites excluding steroid dienone is 1. The van der Waals surface area contributed by atoms with Gasteiger partial charge in [0.25, 0.3) is 0 Å². The number of hydrogen-bond acceptors (Lipinski definition) is 4. The monoisotopic (exact) mass is 412 g/mol. The number of hydrogen-bond donors (Lipinski definition) is 3. The van der Waals surface area contributed by atoms with Crippen LogP contribution in [-0.2, 0) is 9.53 Å². The van der Waals surface area contributed by atoms with Gasteiger partial charge in [0.05, 0.1) is 12.2 Å². The fourth-order valence-corrected chi connectivity index (χ4v) is 3.89. The van der Waals surface area contributed by atoms with Crippen molar-refractivity contribution >= 4 is 35.5 Å². The summed E-state index contributed by atoms with van der Waals surface area (Å²) >= 11 is 0. The summed E-state index contributed by atoms with van der Waals surface area (Å²) < 4.78 is 34.4. The van der Waals surface area contributed by atoms with E-state index in [1.807, 2.05) is 6.92 Å². The summed E-state index contributed by atoms with van der Waals surface area (Å²) in [6.45, 7) is 1.94. The molecule has 5 nitrogen and oxygen atoms in total. The van der Waals surface area contributed by atoms with Gasteiger partial charge in [-0.3, -0.25) is 4.79 Å². The molecule has 8 atom stereocenters. The first-order chi connectivity index (χ1) is 12.8. The summed E-state index contributed by atoms with van der Waals surface area (Å²) in [4.78, 5) is 10.5. The Morgan fingerprint density at radius 1 is 1.36 bits per heavy atom. The molecule has 1 saturated carbocycles. The molecular formula is C20H31F2NaO5. The molecule has 2 fully saturated rings. The Morgan fingerprint density at radius 3 is 2.71 bits per heavy atom. The molecular weight excluding hydrogens is 381 g/mol. The standard InChI is InChI=1S/C20H30F2O5.Na.H/c1-2-3-6-13(21)14(23)10-9-12-15(24)11-17-19(12)20(22)16(27-17)7-4-5-8-18(25)26;;/h4,7,9-10,12-17,19-20,23-24H,2-3,5-6,8,11H2,1H3,(H,25,26);;/b7-4+,10-9+;;/t12-,13?,14+,15+,16?,17-,19+,20?;;/m0../s1. The van der Waals surface area contributed by atoms with Crippen molar-refractivity contribution in [1.29, 1.82) is 0 Å². The second-order valence-corrected chi connectivity index (χ2v) is 7.44. The van der Waals surface area contributed by atoms with Crippen LogP contribution < -0.4 is 0 Å². The summed E-state index contributed by atoms with van der Waals surface area (Å²) in [6.07, 6.45) is 2.29. The number of carboxylic acid groups (broad SMARTS) is 1. The molecule has 3 N–H and O–H groups in total. The minimum atomic E-state index is -1.37. The molecule has 2 aliphatic rings. The number of rotatable bonds is 10. The molecule has 0 aromatic heterocycles. The Hall–Kier alpha value is -0.310. The van der Waals surface area contributed by atoms with Crippen LogP contribution in [0.1, 0.15) is 45.4 Å². The number of aliphatic hydroxyl groups excluding tert-OH is 2. The van der Waals surface area contributed by atoms with Gasteiger partial charge in [-0.1, -0.05) is 44.1 Å². The van der Waals surface area contributed by atoms with E-state index in [2.05, 4.69) is 0 Å². The number of aliphatic carboxylic acids is 1. The predicted octanol–water partition coefficient (Wildman–Crippen LogP) is 2.31. The Balaban J connectivity index is 0.00000392. The van der Waals surface area contributed by atoms with Crippen LogP contribution in [0.15, 0.2) is 24.3 Å². The van der Waals surface area contributed by atoms with Gasteiger partial charge in [0, 0.05) is 24.7 Å². The van der Waals surface area contributed by atoms with Crippen molar-refractivity contribution in [2.24, 2.45) is 11.8 Å². The van der Waals surface area contributed by atoms with Crippen LogP contribution in [0.25, 0.3) is 0 Å². The first-order valence-corrected chi connectivity index (χ1v) is 9.71. The maximum atomic E-state index is 14.8. The zero-order valence-corrected chi connectivity index (χ0v) is 15.6. The van der Waals surface area contributed by atoms with Gasteiger partial charge in [-0.25, -0.2) is 8.78 Å². The molecule has 0 radical (unpaired) electrons. The summed E-state index contributed by atoms with van der Waals surface area (Å²) in [7, 11) is 0. The van der Waals surface area contributed by atoms with Crippen LogP contribution in [0.5, 0.6) is 0 Å². The predicted molar refractivity (Wildman–Crippen MR) is 104 cm³/mol. The van der Waals surface area contributed by atoms with Gasteiger partial charge in [-0.05, 0) is 12.8 Å². The molecule has 0 aromatic rings. The Morgan fingerprint density at radius 2 is 2.07 bits per heavy atom. The van der Waals surface area contributed by atoms with Gasteiger partial charge in [0.2, 0.25) is 0 Å². The van der Waals surface area contributed by atoms with E-state index in [-0.39, 0.29) is 48.8 Å². The number of halogens is 2. The van der Waals surface area contributed by atoms with Crippen molar-refractivity contribution in [3.05, 3.63) is 24.3 Å².